The molecule has 0 N–H and O–H groups in total. The summed E-state index contributed by atoms with van der Waals surface area (Å²) >= 11 is 7.50. The third-order valence-electron chi connectivity index (χ3n) is 8.89. The van der Waals surface area contributed by atoms with Crippen molar-refractivity contribution in [2.24, 2.45) is 0 Å². The standard InChI is InChI=1S/C42H39ClN4/c1-42(2,3)32-25-38(45(4)28-30-15-7-5-8-16-30)41(43)39(26-32)46(29-31-17-9-6-10-18-31)33-22-23-37-35(27-33)34-19-11-12-20-36(34)47(37)40-21-13-14-24-44-40/h5-27H,28-29H2,1-4H3. The maximum absolute atomic E-state index is 7.50. The first-order valence-electron chi connectivity index (χ1n) is 16.1. The number of pyridine rings is 1. The normalized spacial score (nSPS) is 11.7. The Morgan fingerprint density at radius 1 is 0.638 bits per heavy atom. The smallest absolute Gasteiger partial charge is 0.137 e. The van der Waals surface area contributed by atoms with E-state index in [1.54, 1.807) is 0 Å². The van der Waals surface area contributed by atoms with E-state index >= 15 is 0 Å². The molecule has 0 spiro atoms. The molecular weight excluding hydrogens is 596 g/mol. The lowest BCUT2D eigenvalue weighted by molar-refractivity contribution is 0.590. The van der Waals surface area contributed by atoms with Crippen LogP contribution in [0.25, 0.3) is 27.6 Å². The molecule has 2 heterocycles. The Morgan fingerprint density at radius 2 is 1.26 bits per heavy atom. The summed E-state index contributed by atoms with van der Waals surface area (Å²) in [5.74, 6) is 0.902. The number of anilines is 3. The number of nitrogens with zero attached hydrogens (tertiary/aromatic N) is 4. The van der Waals surface area contributed by atoms with Gasteiger partial charge in [-0.05, 0) is 70.6 Å². The third-order valence-corrected chi connectivity index (χ3v) is 9.28. The Labute approximate surface area is 282 Å². The first-order chi connectivity index (χ1) is 22.8. The number of halogens is 1. The molecule has 0 bridgehead atoms. The van der Waals surface area contributed by atoms with E-state index in [-0.39, 0.29) is 5.41 Å². The molecule has 0 radical (unpaired) electrons. The van der Waals surface area contributed by atoms with Gasteiger partial charge in [-0.2, -0.15) is 0 Å². The van der Waals surface area contributed by atoms with E-state index in [0.717, 1.165) is 45.5 Å². The van der Waals surface area contributed by atoms with Crippen LogP contribution in [-0.4, -0.2) is 16.6 Å². The zero-order valence-electron chi connectivity index (χ0n) is 27.4. The Bertz CT molecular complexity index is 2150. The van der Waals surface area contributed by atoms with E-state index < -0.39 is 0 Å². The topological polar surface area (TPSA) is 24.3 Å². The van der Waals surface area contributed by atoms with Crippen molar-refractivity contribution < 1.29 is 0 Å². The number of benzene rings is 5. The molecule has 7 rings (SSSR count). The van der Waals surface area contributed by atoms with Crippen LogP contribution in [0.4, 0.5) is 17.1 Å². The molecule has 0 unspecified atom stereocenters. The van der Waals surface area contributed by atoms with Gasteiger partial charge in [-0.15, -0.1) is 0 Å². The molecular formula is C42H39ClN4. The molecule has 2 aromatic heterocycles. The molecule has 0 amide bonds. The van der Waals surface area contributed by atoms with Gasteiger partial charge in [0.2, 0.25) is 0 Å². The van der Waals surface area contributed by atoms with Gasteiger partial charge in [0.05, 0.1) is 27.4 Å². The molecule has 0 atom stereocenters. The molecule has 234 valence electrons. The number of aromatic nitrogens is 2. The molecule has 47 heavy (non-hydrogen) atoms. The van der Waals surface area contributed by atoms with Crippen LogP contribution in [0, 0.1) is 0 Å². The summed E-state index contributed by atoms with van der Waals surface area (Å²) in [7, 11) is 2.13. The van der Waals surface area contributed by atoms with Crippen LogP contribution < -0.4 is 9.80 Å². The van der Waals surface area contributed by atoms with E-state index in [4.69, 9.17) is 16.6 Å². The highest BCUT2D eigenvalue weighted by atomic mass is 35.5. The van der Waals surface area contributed by atoms with Crippen molar-refractivity contribution in [1.82, 2.24) is 9.55 Å². The first-order valence-corrected chi connectivity index (χ1v) is 16.5. The fourth-order valence-corrected chi connectivity index (χ4v) is 6.74. The van der Waals surface area contributed by atoms with Gasteiger partial charge in [0.25, 0.3) is 0 Å². The molecule has 4 nitrogen and oxygen atoms in total. The van der Waals surface area contributed by atoms with Crippen molar-refractivity contribution >= 4 is 50.5 Å². The highest BCUT2D eigenvalue weighted by Crippen LogP contribution is 2.44. The number of hydrogen-bond acceptors (Lipinski definition) is 3. The lowest BCUT2D eigenvalue weighted by Crippen LogP contribution is -2.22. The fraction of sp³-hybridized carbons (Fsp3) is 0.167. The second-order valence-electron chi connectivity index (χ2n) is 13.2. The monoisotopic (exact) mass is 634 g/mol. The van der Waals surface area contributed by atoms with Crippen LogP contribution in [0.1, 0.15) is 37.5 Å². The van der Waals surface area contributed by atoms with Gasteiger partial charge >= 0.3 is 0 Å². The van der Waals surface area contributed by atoms with Gasteiger partial charge in [0.15, 0.2) is 0 Å². The van der Waals surface area contributed by atoms with Gasteiger partial charge < -0.3 is 9.80 Å². The second-order valence-corrected chi connectivity index (χ2v) is 13.6. The number of hydrogen-bond donors (Lipinski definition) is 0. The minimum absolute atomic E-state index is 0.0832. The van der Waals surface area contributed by atoms with Crippen molar-refractivity contribution in [2.45, 2.75) is 39.3 Å². The number of para-hydroxylation sites is 1. The van der Waals surface area contributed by atoms with E-state index in [0.29, 0.717) is 6.54 Å². The molecule has 5 aromatic carbocycles. The highest BCUT2D eigenvalue weighted by Gasteiger charge is 2.25. The Morgan fingerprint density at radius 3 is 1.94 bits per heavy atom. The summed E-state index contributed by atoms with van der Waals surface area (Å²) in [6.07, 6.45) is 1.85. The maximum Gasteiger partial charge on any atom is 0.137 e. The molecule has 0 saturated heterocycles. The first kappa shape index (κ1) is 30.6. The maximum atomic E-state index is 7.50. The summed E-state index contributed by atoms with van der Waals surface area (Å²) < 4.78 is 2.25. The second kappa shape index (κ2) is 12.6. The molecule has 0 aliphatic rings. The van der Waals surface area contributed by atoms with Crippen LogP contribution in [0.2, 0.25) is 5.02 Å². The quantitative estimate of drug-likeness (QED) is 0.166. The molecule has 7 aromatic rings. The van der Waals surface area contributed by atoms with Gasteiger partial charge in [-0.3, -0.25) is 4.57 Å². The highest BCUT2D eigenvalue weighted by molar-refractivity contribution is 6.36. The molecule has 0 fully saturated rings. The zero-order valence-corrected chi connectivity index (χ0v) is 28.1. The third kappa shape index (κ3) is 6.09. The summed E-state index contributed by atoms with van der Waals surface area (Å²) in [6.45, 7) is 8.22. The Balaban J connectivity index is 1.43. The summed E-state index contributed by atoms with van der Waals surface area (Å²) in [5, 5.41) is 3.10. The van der Waals surface area contributed by atoms with E-state index in [2.05, 4.69) is 164 Å². The minimum Gasteiger partial charge on any atom is -0.369 e. The van der Waals surface area contributed by atoms with Crippen LogP contribution in [-0.2, 0) is 18.5 Å². The predicted molar refractivity (Wildman–Crippen MR) is 200 cm³/mol. The summed E-state index contributed by atoms with van der Waals surface area (Å²) in [6, 6.07) is 47.1. The van der Waals surface area contributed by atoms with Gasteiger partial charge in [0, 0.05) is 42.8 Å². The van der Waals surface area contributed by atoms with Crippen LogP contribution in [0.3, 0.4) is 0 Å². The van der Waals surface area contributed by atoms with E-state index in [9.17, 15) is 0 Å². The number of fused-ring (bicyclic) bond motifs is 3. The molecule has 0 saturated carbocycles. The van der Waals surface area contributed by atoms with E-state index in [1.165, 1.54) is 27.5 Å². The van der Waals surface area contributed by atoms with Crippen LogP contribution >= 0.6 is 11.6 Å². The van der Waals surface area contributed by atoms with Gasteiger partial charge in [-0.25, -0.2) is 4.98 Å². The Kier molecular flexibility index (Phi) is 8.21. The SMILES string of the molecule is CN(Cc1ccccc1)c1cc(C(C)(C)C)cc(N(Cc2ccccc2)c2ccc3c(c2)c2ccccc2n3-c2ccccn2)c1Cl. The van der Waals surface area contributed by atoms with Crippen LogP contribution in [0.15, 0.2) is 140 Å². The zero-order chi connectivity index (χ0) is 32.5. The van der Waals surface area contributed by atoms with Crippen molar-refractivity contribution in [3.05, 3.63) is 161 Å². The fourth-order valence-electron chi connectivity index (χ4n) is 6.39. The van der Waals surface area contributed by atoms with E-state index in [1.807, 2.05) is 18.3 Å². The largest absolute Gasteiger partial charge is 0.369 e. The van der Waals surface area contributed by atoms with Crippen molar-refractivity contribution in [1.29, 1.82) is 0 Å². The predicted octanol–water partition coefficient (Wildman–Crippen LogP) is 11.1. The van der Waals surface area contributed by atoms with Crippen molar-refractivity contribution in [3.63, 3.8) is 0 Å². The average Bonchev–Trinajstić information content (AvgIpc) is 3.42. The number of rotatable bonds is 8. The van der Waals surface area contributed by atoms with Gasteiger partial charge in [-0.1, -0.05) is 117 Å². The average molecular weight is 635 g/mol. The molecule has 0 aliphatic heterocycles. The lowest BCUT2D eigenvalue weighted by Gasteiger charge is -2.32. The minimum atomic E-state index is -0.0832. The van der Waals surface area contributed by atoms with Gasteiger partial charge in [0.1, 0.15) is 5.82 Å². The van der Waals surface area contributed by atoms with Crippen molar-refractivity contribution in [2.75, 3.05) is 16.8 Å². The Hall–Kier alpha value is -5.06. The molecule has 0 aliphatic carbocycles. The molecule has 5 heteroatoms. The summed E-state index contributed by atoms with van der Waals surface area (Å²) in [4.78, 5) is 9.35. The van der Waals surface area contributed by atoms with Crippen molar-refractivity contribution in [3.8, 4) is 5.82 Å². The summed E-state index contributed by atoms with van der Waals surface area (Å²) in [5.41, 5.74) is 8.93. The van der Waals surface area contributed by atoms with Crippen LogP contribution in [0.5, 0.6) is 0 Å². The lowest BCUT2D eigenvalue weighted by atomic mass is 9.86.